The van der Waals surface area contributed by atoms with Gasteiger partial charge in [-0.3, -0.25) is 10.1 Å². The monoisotopic (exact) mass is 321 g/mol. The van der Waals surface area contributed by atoms with Gasteiger partial charge in [0.05, 0.1) is 13.7 Å². The van der Waals surface area contributed by atoms with E-state index in [2.05, 4.69) is 15.2 Å². The number of amides is 1. The molecule has 0 radical (unpaired) electrons. The van der Waals surface area contributed by atoms with Crippen molar-refractivity contribution in [1.29, 1.82) is 0 Å². The first kappa shape index (κ1) is 19.0. The van der Waals surface area contributed by atoms with E-state index >= 15 is 0 Å². The number of carbonyl (C=O) groups is 1. The molecule has 1 N–H and O–H groups in total. The van der Waals surface area contributed by atoms with Gasteiger partial charge in [-0.15, -0.1) is 0 Å². The summed E-state index contributed by atoms with van der Waals surface area (Å²) in [5, 5.41) is 2.73. The molecule has 0 fully saturated rings. The van der Waals surface area contributed by atoms with Crippen LogP contribution in [0.1, 0.15) is 30.1 Å². The van der Waals surface area contributed by atoms with Crippen molar-refractivity contribution in [2.75, 3.05) is 40.9 Å². The van der Waals surface area contributed by atoms with Gasteiger partial charge in [0.25, 0.3) is 11.9 Å². The molecule has 1 rings (SSSR count). The molecule has 0 saturated carbocycles. The number of ether oxygens (including phenoxy) is 2. The average Bonchev–Trinajstić information content (AvgIpc) is 2.55. The van der Waals surface area contributed by atoms with Crippen molar-refractivity contribution < 1.29 is 14.3 Å². The molecular formula is C17H27N3O3. The minimum Gasteiger partial charge on any atom is -0.497 e. The molecule has 0 spiro atoms. The molecule has 6 nitrogen and oxygen atoms in total. The number of hydrogen-bond donors (Lipinski definition) is 1. The van der Waals surface area contributed by atoms with Gasteiger partial charge >= 0.3 is 0 Å². The SMILES string of the molecule is CCCOC(=NCCCN(C)C)NC(=O)c1cccc(OC)c1. The zero-order valence-electron chi connectivity index (χ0n) is 14.5. The first-order chi connectivity index (χ1) is 11.1. The number of nitrogens with one attached hydrogen (secondary N) is 1. The first-order valence-electron chi connectivity index (χ1n) is 7.84. The number of carbonyl (C=O) groups excluding carboxylic acids is 1. The second-order valence-corrected chi connectivity index (χ2v) is 5.38. The Labute approximate surface area is 138 Å². The largest absolute Gasteiger partial charge is 0.497 e. The van der Waals surface area contributed by atoms with Crippen LogP contribution in [-0.4, -0.2) is 57.7 Å². The highest BCUT2D eigenvalue weighted by molar-refractivity contribution is 6.04. The highest BCUT2D eigenvalue weighted by Gasteiger charge is 2.10. The van der Waals surface area contributed by atoms with Gasteiger partial charge in [-0.25, -0.2) is 4.99 Å². The normalized spacial score (nSPS) is 11.4. The summed E-state index contributed by atoms with van der Waals surface area (Å²) in [5.41, 5.74) is 0.505. The van der Waals surface area contributed by atoms with Crippen molar-refractivity contribution in [2.45, 2.75) is 19.8 Å². The predicted molar refractivity (Wildman–Crippen MR) is 92.2 cm³/mol. The molecule has 0 aliphatic rings. The maximum Gasteiger partial charge on any atom is 0.291 e. The van der Waals surface area contributed by atoms with Gasteiger partial charge in [0.15, 0.2) is 0 Å². The first-order valence-corrected chi connectivity index (χ1v) is 7.84. The number of rotatable bonds is 8. The van der Waals surface area contributed by atoms with Gasteiger partial charge in [0.1, 0.15) is 5.75 Å². The number of hydrogen-bond acceptors (Lipinski definition) is 5. The van der Waals surface area contributed by atoms with Crippen molar-refractivity contribution in [3.05, 3.63) is 29.8 Å². The van der Waals surface area contributed by atoms with Crippen LogP contribution >= 0.6 is 0 Å². The highest BCUT2D eigenvalue weighted by atomic mass is 16.5. The van der Waals surface area contributed by atoms with E-state index in [4.69, 9.17) is 9.47 Å². The van der Waals surface area contributed by atoms with Crippen molar-refractivity contribution in [3.8, 4) is 5.75 Å². The Morgan fingerprint density at radius 2 is 2.13 bits per heavy atom. The molecule has 0 bridgehead atoms. The Kier molecular flexibility index (Phi) is 8.75. The third kappa shape index (κ3) is 7.65. The molecule has 0 aliphatic carbocycles. The summed E-state index contributed by atoms with van der Waals surface area (Å²) in [6.07, 6.45) is 1.76. The lowest BCUT2D eigenvalue weighted by Gasteiger charge is -2.11. The van der Waals surface area contributed by atoms with Gasteiger partial charge < -0.3 is 14.4 Å². The van der Waals surface area contributed by atoms with Crippen LogP contribution in [0, 0.1) is 0 Å². The Balaban J connectivity index is 2.66. The van der Waals surface area contributed by atoms with E-state index in [1.807, 2.05) is 21.0 Å². The third-order valence-electron chi connectivity index (χ3n) is 3.01. The highest BCUT2D eigenvalue weighted by Crippen LogP contribution is 2.12. The molecule has 0 saturated heterocycles. The second-order valence-electron chi connectivity index (χ2n) is 5.38. The molecule has 1 aromatic carbocycles. The van der Waals surface area contributed by atoms with Crippen LogP contribution in [0.5, 0.6) is 5.75 Å². The Hall–Kier alpha value is -2.08. The van der Waals surface area contributed by atoms with Crippen LogP contribution in [0.25, 0.3) is 0 Å². The molecule has 128 valence electrons. The average molecular weight is 321 g/mol. The maximum atomic E-state index is 12.3. The van der Waals surface area contributed by atoms with Crippen molar-refractivity contribution in [3.63, 3.8) is 0 Å². The van der Waals surface area contributed by atoms with Crippen LogP contribution in [0.4, 0.5) is 0 Å². The topological polar surface area (TPSA) is 63.2 Å². The number of methoxy groups -OCH3 is 1. The molecule has 1 aromatic rings. The zero-order chi connectivity index (χ0) is 17.1. The minimum atomic E-state index is -0.258. The molecule has 1 amide bonds. The van der Waals surface area contributed by atoms with Crippen LogP contribution < -0.4 is 10.1 Å². The van der Waals surface area contributed by atoms with Gasteiger partial charge in [-0.05, 0) is 51.7 Å². The van der Waals surface area contributed by atoms with E-state index in [0.717, 1.165) is 19.4 Å². The van der Waals surface area contributed by atoms with Gasteiger partial charge in [0.2, 0.25) is 0 Å². The summed E-state index contributed by atoms with van der Waals surface area (Å²) in [6.45, 7) is 4.07. The summed E-state index contributed by atoms with van der Waals surface area (Å²) in [6, 6.07) is 7.24. The summed E-state index contributed by atoms with van der Waals surface area (Å²) < 4.78 is 10.7. The molecule has 0 aliphatic heterocycles. The lowest BCUT2D eigenvalue weighted by Crippen LogP contribution is -2.33. The quantitative estimate of drug-likeness (QED) is 0.453. The standard InChI is InChI=1S/C17H27N3O3/c1-5-12-23-17(18-10-7-11-20(2)3)19-16(21)14-8-6-9-15(13-14)22-4/h6,8-9,13H,5,7,10-12H2,1-4H3,(H,18,19,21). The molecule has 0 aromatic heterocycles. The summed E-state index contributed by atoms with van der Waals surface area (Å²) in [5.74, 6) is 0.378. The van der Waals surface area contributed by atoms with E-state index in [9.17, 15) is 4.79 Å². The third-order valence-corrected chi connectivity index (χ3v) is 3.01. The van der Waals surface area contributed by atoms with Crippen molar-refractivity contribution in [1.82, 2.24) is 10.2 Å². The van der Waals surface area contributed by atoms with E-state index in [1.54, 1.807) is 31.4 Å². The lowest BCUT2D eigenvalue weighted by molar-refractivity contribution is 0.0965. The van der Waals surface area contributed by atoms with Crippen LogP contribution in [0.2, 0.25) is 0 Å². The number of nitrogens with zero attached hydrogens (tertiary/aromatic N) is 2. The second kappa shape index (κ2) is 10.6. The Morgan fingerprint density at radius 3 is 2.78 bits per heavy atom. The van der Waals surface area contributed by atoms with E-state index in [0.29, 0.717) is 24.5 Å². The molecule has 0 heterocycles. The van der Waals surface area contributed by atoms with E-state index < -0.39 is 0 Å². The van der Waals surface area contributed by atoms with E-state index in [1.165, 1.54) is 0 Å². The van der Waals surface area contributed by atoms with Gasteiger partial charge in [-0.1, -0.05) is 13.0 Å². The summed E-state index contributed by atoms with van der Waals surface area (Å²) in [4.78, 5) is 18.7. The van der Waals surface area contributed by atoms with Crippen LogP contribution in [0.3, 0.4) is 0 Å². The van der Waals surface area contributed by atoms with Crippen LogP contribution in [0.15, 0.2) is 29.3 Å². The van der Waals surface area contributed by atoms with Crippen molar-refractivity contribution in [2.24, 2.45) is 4.99 Å². The van der Waals surface area contributed by atoms with Gasteiger partial charge in [-0.2, -0.15) is 0 Å². The van der Waals surface area contributed by atoms with E-state index in [-0.39, 0.29) is 11.9 Å². The fraction of sp³-hybridized carbons (Fsp3) is 0.529. The number of aliphatic imine (C=N–C) groups is 1. The van der Waals surface area contributed by atoms with Gasteiger partial charge in [0, 0.05) is 12.1 Å². The smallest absolute Gasteiger partial charge is 0.291 e. The summed E-state index contributed by atoms with van der Waals surface area (Å²) >= 11 is 0. The summed E-state index contributed by atoms with van der Waals surface area (Å²) in [7, 11) is 5.60. The predicted octanol–water partition coefficient (Wildman–Crippen LogP) is 2.16. The fourth-order valence-corrected chi connectivity index (χ4v) is 1.82. The molecular weight excluding hydrogens is 294 g/mol. The van der Waals surface area contributed by atoms with Crippen molar-refractivity contribution >= 4 is 11.9 Å². The number of amidine groups is 1. The minimum absolute atomic E-state index is 0.258. The molecule has 6 heteroatoms. The fourth-order valence-electron chi connectivity index (χ4n) is 1.82. The Bertz CT molecular complexity index is 516. The molecule has 0 unspecified atom stereocenters. The lowest BCUT2D eigenvalue weighted by atomic mass is 10.2. The maximum absolute atomic E-state index is 12.3. The van der Waals surface area contributed by atoms with Crippen LogP contribution in [-0.2, 0) is 4.74 Å². The Morgan fingerprint density at radius 1 is 1.35 bits per heavy atom. The number of benzene rings is 1. The molecule has 23 heavy (non-hydrogen) atoms. The zero-order valence-corrected chi connectivity index (χ0v) is 14.5. The molecule has 0 atom stereocenters.